The summed E-state index contributed by atoms with van der Waals surface area (Å²) in [5.74, 6) is -0.303. The number of nitrogens with one attached hydrogen (secondary N) is 1. The standard InChI is InChI=1S/C29H32Cl2N2O2/c1-19(2)32-29(35)27(16-22-8-6-5-7-9-22)33(18-23-12-13-25(30)26(31)15-23)28(34)17-24-14-20(3)10-11-21(24)4/h5-15,19,27H,16-18H2,1-4H3,(H,32,35). The van der Waals surface area contributed by atoms with Crippen molar-refractivity contribution < 1.29 is 9.59 Å². The Morgan fingerprint density at radius 2 is 1.60 bits per heavy atom. The lowest BCUT2D eigenvalue weighted by atomic mass is 9.99. The number of nitrogens with zero attached hydrogens (tertiary/aromatic N) is 1. The Labute approximate surface area is 218 Å². The number of rotatable bonds is 9. The number of hydrogen-bond acceptors (Lipinski definition) is 2. The van der Waals surface area contributed by atoms with E-state index in [0.717, 1.165) is 27.8 Å². The van der Waals surface area contributed by atoms with Crippen LogP contribution in [-0.2, 0) is 29.0 Å². The fourth-order valence-electron chi connectivity index (χ4n) is 4.02. The van der Waals surface area contributed by atoms with E-state index in [0.29, 0.717) is 16.5 Å². The number of benzene rings is 3. The molecule has 0 saturated carbocycles. The number of hydrogen-bond donors (Lipinski definition) is 1. The van der Waals surface area contributed by atoms with Gasteiger partial charge in [-0.2, -0.15) is 0 Å². The zero-order valence-electron chi connectivity index (χ0n) is 20.6. The fraction of sp³-hybridized carbons (Fsp3) is 0.310. The molecule has 1 unspecified atom stereocenters. The highest BCUT2D eigenvalue weighted by Gasteiger charge is 2.31. The maximum atomic E-state index is 13.8. The van der Waals surface area contributed by atoms with Crippen LogP contribution in [0.25, 0.3) is 0 Å². The van der Waals surface area contributed by atoms with Crippen molar-refractivity contribution in [1.82, 2.24) is 10.2 Å². The van der Waals surface area contributed by atoms with Gasteiger partial charge >= 0.3 is 0 Å². The van der Waals surface area contributed by atoms with Gasteiger partial charge < -0.3 is 10.2 Å². The smallest absolute Gasteiger partial charge is 0.243 e. The zero-order valence-corrected chi connectivity index (χ0v) is 22.2. The summed E-state index contributed by atoms with van der Waals surface area (Å²) >= 11 is 12.4. The summed E-state index contributed by atoms with van der Waals surface area (Å²) in [4.78, 5) is 29.0. The maximum absolute atomic E-state index is 13.8. The summed E-state index contributed by atoms with van der Waals surface area (Å²) in [5.41, 5.74) is 4.88. The molecule has 3 rings (SSSR count). The summed E-state index contributed by atoms with van der Waals surface area (Å²) < 4.78 is 0. The van der Waals surface area contributed by atoms with E-state index in [4.69, 9.17) is 23.2 Å². The zero-order chi connectivity index (χ0) is 25.5. The normalized spacial score (nSPS) is 11.9. The van der Waals surface area contributed by atoms with Gasteiger partial charge in [-0.3, -0.25) is 9.59 Å². The molecule has 3 aromatic rings. The van der Waals surface area contributed by atoms with Gasteiger partial charge in [0.25, 0.3) is 0 Å². The predicted molar refractivity (Wildman–Crippen MR) is 144 cm³/mol. The molecule has 0 heterocycles. The van der Waals surface area contributed by atoms with Crippen molar-refractivity contribution in [2.75, 3.05) is 0 Å². The highest BCUT2D eigenvalue weighted by atomic mass is 35.5. The van der Waals surface area contributed by atoms with Crippen LogP contribution in [0.4, 0.5) is 0 Å². The quantitative estimate of drug-likeness (QED) is 0.366. The van der Waals surface area contributed by atoms with Gasteiger partial charge in [0.15, 0.2) is 0 Å². The molecule has 0 aromatic heterocycles. The number of halogens is 2. The van der Waals surface area contributed by atoms with Gasteiger partial charge in [-0.05, 0) is 62.1 Å². The average molecular weight is 511 g/mol. The second kappa shape index (κ2) is 12.2. The minimum atomic E-state index is -0.688. The first-order chi connectivity index (χ1) is 16.6. The highest BCUT2D eigenvalue weighted by Crippen LogP contribution is 2.25. The van der Waals surface area contributed by atoms with Crippen LogP contribution in [0.15, 0.2) is 66.7 Å². The molecule has 184 valence electrons. The molecular formula is C29H32Cl2N2O2. The monoisotopic (exact) mass is 510 g/mol. The molecule has 0 aliphatic rings. The molecular weight excluding hydrogens is 479 g/mol. The first-order valence-corrected chi connectivity index (χ1v) is 12.5. The Balaban J connectivity index is 2.01. The molecule has 35 heavy (non-hydrogen) atoms. The number of carbonyl (C=O) groups is 2. The van der Waals surface area contributed by atoms with Crippen LogP contribution in [0, 0.1) is 13.8 Å². The lowest BCUT2D eigenvalue weighted by Crippen LogP contribution is -2.52. The molecule has 1 atom stereocenters. The van der Waals surface area contributed by atoms with E-state index in [9.17, 15) is 9.59 Å². The van der Waals surface area contributed by atoms with Crippen LogP contribution in [0.2, 0.25) is 10.0 Å². The third-order valence-electron chi connectivity index (χ3n) is 5.89. The number of carbonyl (C=O) groups excluding carboxylic acids is 2. The minimum absolute atomic E-state index is 0.0540. The van der Waals surface area contributed by atoms with Crippen molar-refractivity contribution in [2.45, 2.75) is 59.2 Å². The Hall–Kier alpha value is -2.82. The molecule has 0 spiro atoms. The van der Waals surface area contributed by atoms with Gasteiger partial charge in [0.2, 0.25) is 11.8 Å². The topological polar surface area (TPSA) is 49.4 Å². The van der Waals surface area contributed by atoms with Crippen LogP contribution in [0.3, 0.4) is 0 Å². The van der Waals surface area contributed by atoms with Gasteiger partial charge in [0.1, 0.15) is 6.04 Å². The molecule has 0 saturated heterocycles. The molecule has 4 nitrogen and oxygen atoms in total. The predicted octanol–water partition coefficient (Wildman–Crippen LogP) is 6.32. The Kier molecular flexibility index (Phi) is 9.36. The van der Waals surface area contributed by atoms with Crippen molar-refractivity contribution in [3.05, 3.63) is 105 Å². The van der Waals surface area contributed by atoms with Crippen LogP contribution in [0.5, 0.6) is 0 Å². The first kappa shape index (κ1) is 26.8. The van der Waals surface area contributed by atoms with Gasteiger partial charge in [0.05, 0.1) is 16.5 Å². The molecule has 0 bridgehead atoms. The van der Waals surface area contributed by atoms with Gasteiger partial charge in [-0.25, -0.2) is 0 Å². The lowest BCUT2D eigenvalue weighted by molar-refractivity contribution is -0.141. The molecule has 0 aliphatic heterocycles. The van der Waals surface area contributed by atoms with E-state index >= 15 is 0 Å². The second-order valence-corrected chi connectivity index (χ2v) is 10.1. The van der Waals surface area contributed by atoms with Crippen molar-refractivity contribution in [3.63, 3.8) is 0 Å². The summed E-state index contributed by atoms with van der Waals surface area (Å²) in [7, 11) is 0. The molecule has 0 radical (unpaired) electrons. The molecule has 6 heteroatoms. The SMILES string of the molecule is Cc1ccc(C)c(CC(=O)N(Cc2ccc(Cl)c(Cl)c2)C(Cc2ccccc2)C(=O)NC(C)C)c1. The molecule has 0 fully saturated rings. The summed E-state index contributed by atoms with van der Waals surface area (Å²) in [6, 6.07) is 20.4. The molecule has 0 aliphatic carbocycles. The van der Waals surface area contributed by atoms with E-state index < -0.39 is 6.04 Å². The van der Waals surface area contributed by atoms with Gasteiger partial charge in [0, 0.05) is 19.0 Å². The third kappa shape index (κ3) is 7.58. The Morgan fingerprint density at radius 3 is 2.26 bits per heavy atom. The largest absolute Gasteiger partial charge is 0.352 e. The molecule has 3 aromatic carbocycles. The second-order valence-electron chi connectivity index (χ2n) is 9.25. The minimum Gasteiger partial charge on any atom is -0.352 e. The van der Waals surface area contributed by atoms with Crippen molar-refractivity contribution in [2.24, 2.45) is 0 Å². The van der Waals surface area contributed by atoms with E-state index in [-0.39, 0.29) is 30.8 Å². The maximum Gasteiger partial charge on any atom is 0.243 e. The van der Waals surface area contributed by atoms with E-state index in [1.54, 1.807) is 17.0 Å². The van der Waals surface area contributed by atoms with E-state index in [1.165, 1.54) is 0 Å². The molecule has 1 N–H and O–H groups in total. The third-order valence-corrected chi connectivity index (χ3v) is 6.62. The lowest BCUT2D eigenvalue weighted by Gasteiger charge is -2.32. The van der Waals surface area contributed by atoms with Crippen molar-refractivity contribution in [1.29, 1.82) is 0 Å². The number of amides is 2. The van der Waals surface area contributed by atoms with E-state index in [1.807, 2.05) is 82.3 Å². The number of aryl methyl sites for hydroxylation is 2. The van der Waals surface area contributed by atoms with Gasteiger partial charge in [-0.1, -0.05) is 83.4 Å². The summed E-state index contributed by atoms with van der Waals surface area (Å²) in [5, 5.41) is 3.87. The first-order valence-electron chi connectivity index (χ1n) is 11.8. The average Bonchev–Trinajstić information content (AvgIpc) is 2.81. The van der Waals surface area contributed by atoms with Crippen LogP contribution < -0.4 is 5.32 Å². The fourth-order valence-corrected chi connectivity index (χ4v) is 4.35. The Bertz CT molecular complexity index is 1180. The summed E-state index contributed by atoms with van der Waals surface area (Å²) in [6.07, 6.45) is 0.605. The molecule has 2 amide bonds. The van der Waals surface area contributed by atoms with Crippen molar-refractivity contribution >= 4 is 35.0 Å². The summed E-state index contributed by atoms with van der Waals surface area (Å²) in [6.45, 7) is 8.08. The van der Waals surface area contributed by atoms with Crippen molar-refractivity contribution in [3.8, 4) is 0 Å². The van der Waals surface area contributed by atoms with E-state index in [2.05, 4.69) is 5.32 Å². The van der Waals surface area contributed by atoms with Crippen LogP contribution in [-0.4, -0.2) is 28.8 Å². The van der Waals surface area contributed by atoms with Crippen LogP contribution in [0.1, 0.15) is 41.7 Å². The van der Waals surface area contributed by atoms with Crippen LogP contribution >= 0.6 is 23.2 Å². The van der Waals surface area contributed by atoms with Gasteiger partial charge in [-0.15, -0.1) is 0 Å². The Morgan fingerprint density at radius 1 is 0.886 bits per heavy atom. The highest BCUT2D eigenvalue weighted by molar-refractivity contribution is 6.42.